The zero-order valence-electron chi connectivity index (χ0n) is 10.2. The van der Waals surface area contributed by atoms with Crippen molar-refractivity contribution in [2.45, 2.75) is 33.6 Å². The van der Waals surface area contributed by atoms with Crippen molar-refractivity contribution in [3.05, 3.63) is 41.0 Å². The van der Waals surface area contributed by atoms with Gasteiger partial charge < -0.3 is 0 Å². The zero-order valence-corrected chi connectivity index (χ0v) is 10.2. The number of carbonyl (C=O) groups excluding carboxylic acids is 1. The fourth-order valence-electron chi connectivity index (χ4n) is 2.05. The minimum atomic E-state index is 0.0761. The molecule has 0 amide bonds. The molecule has 1 aliphatic rings. The third-order valence-corrected chi connectivity index (χ3v) is 2.81. The smallest absolute Gasteiger partial charge is 0.159 e. The van der Waals surface area contributed by atoms with Crippen LogP contribution in [0.5, 0.6) is 0 Å². The van der Waals surface area contributed by atoms with E-state index in [0.29, 0.717) is 12.2 Å². The van der Waals surface area contributed by atoms with Crippen molar-refractivity contribution < 1.29 is 4.79 Å². The Hall–Kier alpha value is -1.37. The van der Waals surface area contributed by atoms with Gasteiger partial charge in [0.15, 0.2) is 5.78 Å². The molecule has 2 rings (SSSR count). The van der Waals surface area contributed by atoms with Gasteiger partial charge in [-0.3, -0.25) is 4.79 Å². The normalized spacial score (nSPS) is 14.6. The van der Waals surface area contributed by atoms with Crippen LogP contribution in [0.15, 0.2) is 29.8 Å². The Labute approximate surface area is 97.2 Å². The summed E-state index contributed by atoms with van der Waals surface area (Å²) in [5, 5.41) is 0. The van der Waals surface area contributed by atoms with Gasteiger partial charge in [-0.25, -0.2) is 0 Å². The molecule has 0 spiro atoms. The first kappa shape index (κ1) is 11.1. The fraction of sp³-hybridized carbons (Fsp3) is 0.400. The summed E-state index contributed by atoms with van der Waals surface area (Å²) >= 11 is 0. The van der Waals surface area contributed by atoms with Gasteiger partial charge in [0, 0.05) is 18.4 Å². The molecule has 0 saturated heterocycles. The maximum absolute atomic E-state index is 12.1. The summed E-state index contributed by atoms with van der Waals surface area (Å²) < 4.78 is 0. The van der Waals surface area contributed by atoms with Gasteiger partial charge in [0.05, 0.1) is 0 Å². The fourth-order valence-corrected chi connectivity index (χ4v) is 2.05. The lowest BCUT2D eigenvalue weighted by Gasteiger charge is -2.16. The van der Waals surface area contributed by atoms with Crippen molar-refractivity contribution in [3.63, 3.8) is 0 Å². The van der Waals surface area contributed by atoms with Gasteiger partial charge in [0.1, 0.15) is 0 Å². The highest BCUT2D eigenvalue weighted by Crippen LogP contribution is 2.29. The summed E-state index contributed by atoms with van der Waals surface area (Å²) in [6.07, 6.45) is 3.49. The Morgan fingerprint density at radius 2 is 1.94 bits per heavy atom. The highest BCUT2D eigenvalue weighted by Gasteiger charge is 2.22. The van der Waals surface area contributed by atoms with E-state index in [-0.39, 0.29) is 5.41 Å². The van der Waals surface area contributed by atoms with Crippen molar-refractivity contribution in [1.29, 1.82) is 0 Å². The number of rotatable bonds is 2. The lowest BCUT2D eigenvalue weighted by molar-refractivity contribution is -0.117. The summed E-state index contributed by atoms with van der Waals surface area (Å²) in [5.41, 5.74) is 3.53. The second kappa shape index (κ2) is 3.89. The van der Waals surface area contributed by atoms with Crippen molar-refractivity contribution in [1.82, 2.24) is 0 Å². The second-order valence-corrected chi connectivity index (χ2v) is 5.71. The molecule has 1 aromatic rings. The van der Waals surface area contributed by atoms with Gasteiger partial charge in [-0.15, -0.1) is 0 Å². The Kier molecular flexibility index (Phi) is 2.71. The summed E-state index contributed by atoms with van der Waals surface area (Å²) in [5.74, 6) is 0.295. The van der Waals surface area contributed by atoms with Gasteiger partial charge in [-0.2, -0.15) is 0 Å². The standard InChI is InChI=1S/C15H18O/c1-15(2,3)10-14(16)13-8-11-6-4-5-7-12(11)9-13/h4-8H,9-10H2,1-3H3. The Bertz CT molecular complexity index is 447. The van der Waals surface area contributed by atoms with Gasteiger partial charge in [-0.05, 0) is 22.6 Å². The summed E-state index contributed by atoms with van der Waals surface area (Å²) in [6.45, 7) is 6.31. The van der Waals surface area contributed by atoms with Crippen LogP contribution in [0, 0.1) is 5.41 Å². The largest absolute Gasteiger partial charge is 0.295 e. The van der Waals surface area contributed by atoms with Crippen molar-refractivity contribution in [3.8, 4) is 0 Å². The van der Waals surface area contributed by atoms with Gasteiger partial charge >= 0.3 is 0 Å². The van der Waals surface area contributed by atoms with E-state index in [4.69, 9.17) is 0 Å². The van der Waals surface area contributed by atoms with E-state index in [1.54, 1.807) is 0 Å². The number of hydrogen-bond donors (Lipinski definition) is 0. The second-order valence-electron chi connectivity index (χ2n) is 5.71. The molecule has 1 heteroatoms. The Morgan fingerprint density at radius 1 is 1.25 bits per heavy atom. The molecule has 16 heavy (non-hydrogen) atoms. The predicted octanol–water partition coefficient (Wildman–Crippen LogP) is 3.63. The molecule has 0 aromatic heterocycles. The topological polar surface area (TPSA) is 17.1 Å². The van der Waals surface area contributed by atoms with E-state index >= 15 is 0 Å². The molecule has 0 aliphatic heterocycles. The molecule has 0 heterocycles. The molecular weight excluding hydrogens is 196 g/mol. The summed E-state index contributed by atoms with van der Waals surface area (Å²) in [4.78, 5) is 12.1. The van der Waals surface area contributed by atoms with Crippen LogP contribution < -0.4 is 0 Å². The van der Waals surface area contributed by atoms with Crippen LogP contribution in [0.3, 0.4) is 0 Å². The molecule has 0 fully saturated rings. The first-order valence-electron chi connectivity index (χ1n) is 5.77. The van der Waals surface area contributed by atoms with E-state index in [1.165, 1.54) is 11.1 Å². The molecule has 84 valence electrons. The number of ketones is 1. The molecular formula is C15H18O. The van der Waals surface area contributed by atoms with Crippen molar-refractivity contribution in [2.24, 2.45) is 5.41 Å². The number of fused-ring (bicyclic) bond motifs is 1. The third kappa shape index (κ3) is 2.41. The molecule has 1 aliphatic carbocycles. The average molecular weight is 214 g/mol. The number of carbonyl (C=O) groups is 1. The van der Waals surface area contributed by atoms with Crippen LogP contribution in [0.1, 0.15) is 38.3 Å². The quantitative estimate of drug-likeness (QED) is 0.734. The molecule has 0 atom stereocenters. The van der Waals surface area contributed by atoms with Crippen LogP contribution in [0.2, 0.25) is 0 Å². The molecule has 0 N–H and O–H groups in total. The number of allylic oxidation sites excluding steroid dienone is 1. The third-order valence-electron chi connectivity index (χ3n) is 2.81. The highest BCUT2D eigenvalue weighted by molar-refractivity contribution is 6.02. The first-order chi connectivity index (χ1) is 7.46. The number of benzene rings is 1. The van der Waals surface area contributed by atoms with Gasteiger partial charge in [0.2, 0.25) is 0 Å². The van der Waals surface area contributed by atoms with E-state index < -0.39 is 0 Å². The molecule has 1 aromatic carbocycles. The lowest BCUT2D eigenvalue weighted by atomic mass is 9.87. The van der Waals surface area contributed by atoms with Crippen LogP contribution in [-0.2, 0) is 11.2 Å². The van der Waals surface area contributed by atoms with Crippen LogP contribution in [0.25, 0.3) is 6.08 Å². The SMILES string of the molecule is CC(C)(C)CC(=O)C1=Cc2ccccc2C1. The van der Waals surface area contributed by atoms with Crippen molar-refractivity contribution in [2.75, 3.05) is 0 Å². The van der Waals surface area contributed by atoms with Crippen molar-refractivity contribution >= 4 is 11.9 Å². The minimum Gasteiger partial charge on any atom is -0.295 e. The van der Waals surface area contributed by atoms with Crippen LogP contribution in [-0.4, -0.2) is 5.78 Å². The van der Waals surface area contributed by atoms with Gasteiger partial charge in [-0.1, -0.05) is 45.0 Å². The average Bonchev–Trinajstić information content (AvgIpc) is 2.58. The number of Topliss-reactive ketones (excluding diaryl/α,β-unsaturated/α-hetero) is 1. The highest BCUT2D eigenvalue weighted by atomic mass is 16.1. The van der Waals surface area contributed by atoms with E-state index in [9.17, 15) is 4.79 Å². The van der Waals surface area contributed by atoms with Crippen LogP contribution in [0.4, 0.5) is 0 Å². The molecule has 1 nitrogen and oxygen atoms in total. The lowest BCUT2D eigenvalue weighted by Crippen LogP contribution is -2.14. The molecule has 0 saturated carbocycles. The maximum atomic E-state index is 12.1. The summed E-state index contributed by atoms with van der Waals surface area (Å²) in [6, 6.07) is 8.23. The zero-order chi connectivity index (χ0) is 11.8. The van der Waals surface area contributed by atoms with E-state index in [0.717, 1.165) is 12.0 Å². The Morgan fingerprint density at radius 3 is 2.56 bits per heavy atom. The molecule has 0 radical (unpaired) electrons. The maximum Gasteiger partial charge on any atom is 0.159 e. The molecule has 0 unspecified atom stereocenters. The van der Waals surface area contributed by atoms with E-state index in [2.05, 4.69) is 32.9 Å². The predicted molar refractivity (Wildman–Crippen MR) is 67.2 cm³/mol. The van der Waals surface area contributed by atoms with Gasteiger partial charge in [0.25, 0.3) is 0 Å². The Balaban J connectivity index is 2.14. The van der Waals surface area contributed by atoms with E-state index in [1.807, 2.05) is 18.2 Å². The summed E-state index contributed by atoms with van der Waals surface area (Å²) in [7, 11) is 0. The minimum absolute atomic E-state index is 0.0761. The van der Waals surface area contributed by atoms with Crippen LogP contribution >= 0.6 is 0 Å². The first-order valence-corrected chi connectivity index (χ1v) is 5.77. The molecule has 0 bridgehead atoms. The number of hydrogen-bond acceptors (Lipinski definition) is 1. The monoisotopic (exact) mass is 214 g/mol.